The summed E-state index contributed by atoms with van der Waals surface area (Å²) in [4.78, 5) is 23.6. The van der Waals surface area contributed by atoms with Gasteiger partial charge in [0.1, 0.15) is 0 Å². The summed E-state index contributed by atoms with van der Waals surface area (Å²) >= 11 is 0. The van der Waals surface area contributed by atoms with Crippen LogP contribution >= 0.6 is 0 Å². The second kappa shape index (κ2) is 7.76. The lowest BCUT2D eigenvalue weighted by atomic mass is 10.1. The lowest BCUT2D eigenvalue weighted by molar-refractivity contribution is -0.116. The van der Waals surface area contributed by atoms with Crippen LogP contribution in [0.1, 0.15) is 37.6 Å². The minimum Gasteiger partial charge on any atom is -0.465 e. The van der Waals surface area contributed by atoms with E-state index >= 15 is 0 Å². The molecule has 0 saturated carbocycles. The SMILES string of the molecule is COC(=O)c1cccc(NC(=O)CCN(C(C)(C)C)S(C)(=O)=O)c1. The van der Waals surface area contributed by atoms with Gasteiger partial charge in [0.25, 0.3) is 0 Å². The maximum atomic E-state index is 12.1. The number of ether oxygens (including phenoxy) is 1. The van der Waals surface area contributed by atoms with Gasteiger partial charge >= 0.3 is 5.97 Å². The molecule has 0 aliphatic rings. The monoisotopic (exact) mass is 356 g/mol. The van der Waals surface area contributed by atoms with E-state index in [0.29, 0.717) is 11.3 Å². The molecule has 1 amide bonds. The number of nitrogens with one attached hydrogen (secondary N) is 1. The highest BCUT2D eigenvalue weighted by molar-refractivity contribution is 7.88. The third-order valence-corrected chi connectivity index (χ3v) is 4.79. The van der Waals surface area contributed by atoms with Crippen molar-refractivity contribution in [3.8, 4) is 0 Å². The highest BCUT2D eigenvalue weighted by atomic mass is 32.2. The zero-order valence-corrected chi connectivity index (χ0v) is 15.4. The zero-order chi connectivity index (χ0) is 18.5. The smallest absolute Gasteiger partial charge is 0.337 e. The van der Waals surface area contributed by atoms with E-state index in [9.17, 15) is 18.0 Å². The minimum atomic E-state index is -3.42. The molecule has 0 aliphatic heterocycles. The summed E-state index contributed by atoms with van der Waals surface area (Å²) in [5.41, 5.74) is 0.158. The minimum absolute atomic E-state index is 0.00674. The second-order valence-electron chi connectivity index (χ2n) is 6.38. The van der Waals surface area contributed by atoms with Crippen LogP contribution in [-0.2, 0) is 19.6 Å². The van der Waals surface area contributed by atoms with Crippen molar-refractivity contribution >= 4 is 27.6 Å². The molecule has 0 spiro atoms. The molecule has 7 nitrogen and oxygen atoms in total. The number of hydrogen-bond donors (Lipinski definition) is 1. The summed E-state index contributed by atoms with van der Waals surface area (Å²) in [5, 5.41) is 2.65. The van der Waals surface area contributed by atoms with Gasteiger partial charge in [0.15, 0.2) is 0 Å². The number of methoxy groups -OCH3 is 1. The number of hydrogen-bond acceptors (Lipinski definition) is 5. The third kappa shape index (κ3) is 5.93. The maximum absolute atomic E-state index is 12.1. The highest BCUT2D eigenvalue weighted by Gasteiger charge is 2.29. The van der Waals surface area contributed by atoms with Crippen molar-refractivity contribution in [3.05, 3.63) is 29.8 Å². The van der Waals surface area contributed by atoms with Crippen LogP contribution in [0.25, 0.3) is 0 Å². The van der Waals surface area contributed by atoms with Crippen LogP contribution in [0.5, 0.6) is 0 Å². The molecule has 1 aromatic carbocycles. The van der Waals surface area contributed by atoms with E-state index in [1.54, 1.807) is 39.0 Å². The number of rotatable bonds is 6. The number of benzene rings is 1. The second-order valence-corrected chi connectivity index (χ2v) is 8.28. The van der Waals surface area contributed by atoms with Crippen LogP contribution in [-0.4, -0.2) is 50.0 Å². The Morgan fingerprint density at radius 3 is 2.38 bits per heavy atom. The van der Waals surface area contributed by atoms with Crippen LogP contribution in [0, 0.1) is 0 Å². The van der Waals surface area contributed by atoms with Crippen LogP contribution < -0.4 is 5.32 Å². The number of amides is 1. The summed E-state index contributed by atoms with van der Waals surface area (Å²) in [6.07, 6.45) is 1.13. The van der Waals surface area contributed by atoms with E-state index in [1.807, 2.05) is 0 Å². The van der Waals surface area contributed by atoms with Crippen molar-refractivity contribution < 1.29 is 22.7 Å². The first-order chi connectivity index (χ1) is 10.9. The Morgan fingerprint density at radius 1 is 1.25 bits per heavy atom. The first-order valence-corrected chi connectivity index (χ1v) is 9.26. The normalized spacial score (nSPS) is 12.1. The van der Waals surface area contributed by atoms with E-state index in [-0.39, 0.29) is 18.9 Å². The molecule has 1 rings (SSSR count). The molecule has 0 heterocycles. The Balaban J connectivity index is 2.75. The van der Waals surface area contributed by atoms with E-state index in [2.05, 4.69) is 10.1 Å². The largest absolute Gasteiger partial charge is 0.465 e. The van der Waals surface area contributed by atoms with Crippen LogP contribution in [0.3, 0.4) is 0 Å². The molecule has 0 bridgehead atoms. The first-order valence-electron chi connectivity index (χ1n) is 7.41. The number of anilines is 1. The molecule has 0 unspecified atom stereocenters. The topological polar surface area (TPSA) is 92.8 Å². The lowest BCUT2D eigenvalue weighted by Crippen LogP contribution is -2.46. The fourth-order valence-corrected chi connectivity index (χ4v) is 3.68. The summed E-state index contributed by atoms with van der Waals surface area (Å²) in [6.45, 7) is 5.38. The van der Waals surface area contributed by atoms with Crippen LogP contribution in [0.4, 0.5) is 5.69 Å². The summed E-state index contributed by atoms with van der Waals surface area (Å²) in [7, 11) is -2.14. The Kier molecular flexibility index (Phi) is 6.50. The molecule has 0 aromatic heterocycles. The predicted octanol–water partition coefficient (Wildman–Crippen LogP) is 1.86. The molecule has 0 aliphatic carbocycles. The van der Waals surface area contributed by atoms with Gasteiger partial charge in [-0.3, -0.25) is 4.79 Å². The van der Waals surface area contributed by atoms with Crippen LogP contribution in [0.2, 0.25) is 0 Å². The zero-order valence-electron chi connectivity index (χ0n) is 14.6. The molecule has 0 atom stereocenters. The maximum Gasteiger partial charge on any atom is 0.337 e. The molecule has 8 heteroatoms. The van der Waals surface area contributed by atoms with Crippen LogP contribution in [0.15, 0.2) is 24.3 Å². The molecular weight excluding hydrogens is 332 g/mol. The quantitative estimate of drug-likeness (QED) is 0.786. The molecule has 1 N–H and O–H groups in total. The number of nitrogens with zero attached hydrogens (tertiary/aromatic N) is 1. The fraction of sp³-hybridized carbons (Fsp3) is 0.500. The van der Waals surface area contributed by atoms with E-state index in [1.165, 1.54) is 17.5 Å². The van der Waals surface area contributed by atoms with Gasteiger partial charge in [0.05, 0.1) is 18.9 Å². The molecule has 134 valence electrons. The molecule has 1 aromatic rings. The van der Waals surface area contributed by atoms with Crippen molar-refractivity contribution in [2.45, 2.75) is 32.7 Å². The van der Waals surface area contributed by atoms with E-state index in [4.69, 9.17) is 0 Å². The van der Waals surface area contributed by atoms with Gasteiger partial charge < -0.3 is 10.1 Å². The molecule has 0 radical (unpaired) electrons. The van der Waals surface area contributed by atoms with Gasteiger partial charge in [-0.15, -0.1) is 0 Å². The highest BCUT2D eigenvalue weighted by Crippen LogP contribution is 2.18. The Labute approximate surface area is 143 Å². The van der Waals surface area contributed by atoms with E-state index in [0.717, 1.165) is 6.26 Å². The van der Waals surface area contributed by atoms with Crippen molar-refractivity contribution in [2.24, 2.45) is 0 Å². The van der Waals surface area contributed by atoms with Gasteiger partial charge in [0, 0.05) is 24.2 Å². The average Bonchev–Trinajstić information content (AvgIpc) is 2.43. The van der Waals surface area contributed by atoms with Crippen molar-refractivity contribution in [1.82, 2.24) is 4.31 Å². The summed E-state index contributed by atoms with van der Waals surface area (Å²) < 4.78 is 29.6. The summed E-state index contributed by atoms with van der Waals surface area (Å²) in [6, 6.07) is 6.34. The van der Waals surface area contributed by atoms with Gasteiger partial charge in [0.2, 0.25) is 15.9 Å². The Hall–Kier alpha value is -1.93. The van der Waals surface area contributed by atoms with Gasteiger partial charge in [-0.2, -0.15) is 4.31 Å². The standard InChI is InChI=1S/C16H24N2O5S/c1-16(2,3)18(24(5,21)22)10-9-14(19)17-13-8-6-7-12(11-13)15(20)23-4/h6-8,11H,9-10H2,1-5H3,(H,17,19). The predicted molar refractivity (Wildman–Crippen MR) is 92.3 cm³/mol. The Bertz CT molecular complexity index is 707. The number of sulfonamides is 1. The number of esters is 1. The van der Waals surface area contributed by atoms with E-state index < -0.39 is 21.5 Å². The van der Waals surface area contributed by atoms with Gasteiger partial charge in [-0.1, -0.05) is 6.07 Å². The number of carbonyl (C=O) groups excluding carboxylic acids is 2. The molecule has 0 saturated heterocycles. The third-order valence-electron chi connectivity index (χ3n) is 3.26. The molecular formula is C16H24N2O5S. The molecule has 0 fully saturated rings. The lowest BCUT2D eigenvalue weighted by Gasteiger charge is -2.33. The summed E-state index contributed by atoms with van der Waals surface area (Å²) in [5.74, 6) is -0.836. The van der Waals surface area contributed by atoms with Gasteiger partial charge in [-0.25, -0.2) is 13.2 Å². The van der Waals surface area contributed by atoms with Crippen molar-refractivity contribution in [3.63, 3.8) is 0 Å². The Morgan fingerprint density at radius 2 is 1.88 bits per heavy atom. The van der Waals surface area contributed by atoms with Crippen molar-refractivity contribution in [1.29, 1.82) is 0 Å². The van der Waals surface area contributed by atoms with Gasteiger partial charge in [-0.05, 0) is 39.0 Å². The van der Waals surface area contributed by atoms with Crippen molar-refractivity contribution in [2.75, 3.05) is 25.2 Å². The fourth-order valence-electron chi connectivity index (χ4n) is 2.27. The first kappa shape index (κ1) is 20.1. The number of carbonyl (C=O) groups is 2. The molecule has 24 heavy (non-hydrogen) atoms. The average molecular weight is 356 g/mol.